The Morgan fingerprint density at radius 1 is 1.08 bits per heavy atom. The molecule has 1 fully saturated rings. The quantitative estimate of drug-likeness (QED) is 0.619. The largest absolute Gasteiger partial charge is 0.336 e. The molecular formula is C20H20N2OS. The van der Waals surface area contributed by atoms with Crippen molar-refractivity contribution in [1.82, 2.24) is 9.88 Å². The third-order valence-electron chi connectivity index (χ3n) is 4.55. The number of rotatable bonds is 1. The van der Waals surface area contributed by atoms with Crippen LogP contribution < -0.4 is 0 Å². The van der Waals surface area contributed by atoms with Crippen LogP contribution in [-0.4, -0.2) is 39.4 Å². The Balaban J connectivity index is 1.87. The minimum atomic E-state index is 0.100. The average Bonchev–Trinajstić information content (AvgIpc) is 2.59. The highest BCUT2D eigenvalue weighted by molar-refractivity contribution is 8.00. The molecule has 3 aromatic rings. The highest BCUT2D eigenvalue weighted by Gasteiger charge is 2.28. The van der Waals surface area contributed by atoms with E-state index in [-0.39, 0.29) is 5.91 Å². The smallest absolute Gasteiger partial charge is 0.256 e. The molecule has 0 saturated carbocycles. The molecule has 1 aliphatic heterocycles. The van der Waals surface area contributed by atoms with Crippen LogP contribution in [0, 0.1) is 0 Å². The molecule has 0 N–H and O–H groups in total. The second-order valence-electron chi connectivity index (χ2n) is 6.51. The highest BCUT2D eigenvalue weighted by Crippen LogP contribution is 2.30. The summed E-state index contributed by atoms with van der Waals surface area (Å²) in [4.78, 5) is 19.7. The molecule has 2 aromatic carbocycles. The molecular weight excluding hydrogens is 316 g/mol. The van der Waals surface area contributed by atoms with Gasteiger partial charge in [-0.15, -0.1) is 0 Å². The molecule has 1 aliphatic rings. The van der Waals surface area contributed by atoms with Gasteiger partial charge in [0.05, 0.1) is 11.1 Å². The first-order valence-corrected chi connectivity index (χ1v) is 9.29. The van der Waals surface area contributed by atoms with Crippen molar-refractivity contribution in [2.45, 2.75) is 24.3 Å². The van der Waals surface area contributed by atoms with Gasteiger partial charge in [0.1, 0.15) is 0 Å². The van der Waals surface area contributed by atoms with E-state index in [0.717, 1.165) is 40.3 Å². The summed E-state index contributed by atoms with van der Waals surface area (Å²) in [5.41, 5.74) is 1.52. The van der Waals surface area contributed by atoms with Crippen molar-refractivity contribution >= 4 is 39.3 Å². The first kappa shape index (κ1) is 15.5. The van der Waals surface area contributed by atoms with Crippen molar-refractivity contribution in [3.63, 3.8) is 0 Å². The van der Waals surface area contributed by atoms with Crippen molar-refractivity contribution in [2.24, 2.45) is 0 Å². The van der Waals surface area contributed by atoms with Gasteiger partial charge >= 0.3 is 0 Å². The van der Waals surface area contributed by atoms with Gasteiger partial charge in [0, 0.05) is 35.2 Å². The Morgan fingerprint density at radius 2 is 1.79 bits per heavy atom. The predicted octanol–water partition coefficient (Wildman–Crippen LogP) is 4.35. The molecule has 3 nitrogen and oxygen atoms in total. The number of fused-ring (bicyclic) bond motifs is 3. The van der Waals surface area contributed by atoms with E-state index in [1.165, 1.54) is 0 Å². The normalized spacial score (nSPS) is 21.3. The molecule has 2 heterocycles. The fourth-order valence-corrected chi connectivity index (χ4v) is 4.93. The highest BCUT2D eigenvalue weighted by atomic mass is 32.2. The molecule has 4 heteroatoms. The summed E-state index contributed by atoms with van der Waals surface area (Å²) < 4.78 is 0. The number of amides is 1. The maximum atomic E-state index is 13.2. The van der Waals surface area contributed by atoms with Crippen molar-refractivity contribution < 1.29 is 4.79 Å². The standard InChI is InChI=1S/C20H20N2OS/c1-13-11-22(12-14(2)24-13)20(23)18-10-15-6-3-4-7-16(15)17-8-5-9-21-19(17)18/h3-10,13-14H,11-12H2,1-2H3. The van der Waals surface area contributed by atoms with E-state index in [1.54, 1.807) is 6.20 Å². The molecule has 0 bridgehead atoms. The van der Waals surface area contributed by atoms with E-state index in [4.69, 9.17) is 0 Å². The van der Waals surface area contributed by atoms with E-state index in [1.807, 2.05) is 40.9 Å². The number of thioether (sulfide) groups is 1. The maximum absolute atomic E-state index is 13.2. The molecule has 0 aliphatic carbocycles. The molecule has 122 valence electrons. The lowest BCUT2D eigenvalue weighted by Crippen LogP contribution is -2.44. The van der Waals surface area contributed by atoms with Gasteiger partial charge in [-0.2, -0.15) is 11.8 Å². The van der Waals surface area contributed by atoms with Gasteiger partial charge < -0.3 is 4.90 Å². The minimum absolute atomic E-state index is 0.100. The van der Waals surface area contributed by atoms with Gasteiger partial charge in [-0.1, -0.05) is 44.2 Å². The van der Waals surface area contributed by atoms with Gasteiger partial charge in [0.2, 0.25) is 0 Å². The lowest BCUT2D eigenvalue weighted by molar-refractivity contribution is 0.0755. The molecule has 0 spiro atoms. The SMILES string of the molecule is CC1CN(C(=O)c2cc3ccccc3c3cccnc23)CC(C)S1. The van der Waals surface area contributed by atoms with E-state index in [2.05, 4.69) is 37.0 Å². The van der Waals surface area contributed by atoms with Gasteiger partial charge in [-0.25, -0.2) is 0 Å². The molecule has 2 atom stereocenters. The van der Waals surface area contributed by atoms with Crippen LogP contribution in [-0.2, 0) is 0 Å². The van der Waals surface area contributed by atoms with Crippen molar-refractivity contribution in [3.05, 3.63) is 54.2 Å². The Bertz CT molecular complexity index is 914. The predicted molar refractivity (Wildman–Crippen MR) is 102 cm³/mol. The summed E-state index contributed by atoms with van der Waals surface area (Å²) in [6, 6.07) is 14.2. The Hall–Kier alpha value is -2.07. The number of hydrogen-bond donors (Lipinski definition) is 0. The summed E-state index contributed by atoms with van der Waals surface area (Å²) in [6.45, 7) is 5.98. The lowest BCUT2D eigenvalue weighted by atomic mass is 10.00. The Labute approximate surface area is 146 Å². The van der Waals surface area contributed by atoms with Crippen LogP contribution in [0.1, 0.15) is 24.2 Å². The summed E-state index contributed by atoms with van der Waals surface area (Å²) in [5.74, 6) is 0.100. The lowest BCUT2D eigenvalue weighted by Gasteiger charge is -2.34. The number of benzene rings is 2. The van der Waals surface area contributed by atoms with Gasteiger partial charge in [-0.05, 0) is 22.9 Å². The Morgan fingerprint density at radius 3 is 2.58 bits per heavy atom. The van der Waals surface area contributed by atoms with Crippen LogP contribution in [0.5, 0.6) is 0 Å². The number of aromatic nitrogens is 1. The summed E-state index contributed by atoms with van der Waals surface area (Å²) in [5, 5.41) is 4.23. The maximum Gasteiger partial charge on any atom is 0.256 e. The monoisotopic (exact) mass is 336 g/mol. The first-order chi connectivity index (χ1) is 11.6. The minimum Gasteiger partial charge on any atom is -0.336 e. The summed E-state index contributed by atoms with van der Waals surface area (Å²) in [7, 11) is 0. The van der Waals surface area contributed by atoms with Gasteiger partial charge in [0.15, 0.2) is 0 Å². The zero-order valence-electron chi connectivity index (χ0n) is 13.9. The second-order valence-corrected chi connectivity index (χ2v) is 8.39. The van der Waals surface area contributed by atoms with Crippen LogP contribution in [0.25, 0.3) is 21.7 Å². The van der Waals surface area contributed by atoms with Crippen LogP contribution in [0.3, 0.4) is 0 Å². The van der Waals surface area contributed by atoms with Crippen molar-refractivity contribution in [2.75, 3.05) is 13.1 Å². The summed E-state index contributed by atoms with van der Waals surface area (Å²) in [6.07, 6.45) is 1.77. The molecule has 4 rings (SSSR count). The average molecular weight is 336 g/mol. The van der Waals surface area contributed by atoms with Gasteiger partial charge in [0.25, 0.3) is 5.91 Å². The fraction of sp³-hybridized carbons (Fsp3) is 0.300. The van der Waals surface area contributed by atoms with Crippen LogP contribution in [0.15, 0.2) is 48.7 Å². The molecule has 24 heavy (non-hydrogen) atoms. The molecule has 2 unspecified atom stereocenters. The summed E-state index contributed by atoms with van der Waals surface area (Å²) >= 11 is 1.95. The topological polar surface area (TPSA) is 33.2 Å². The van der Waals surface area contributed by atoms with Crippen LogP contribution in [0.4, 0.5) is 0 Å². The zero-order chi connectivity index (χ0) is 16.7. The second kappa shape index (κ2) is 6.10. The van der Waals surface area contributed by atoms with E-state index in [0.29, 0.717) is 10.5 Å². The van der Waals surface area contributed by atoms with Gasteiger partial charge in [-0.3, -0.25) is 9.78 Å². The zero-order valence-corrected chi connectivity index (χ0v) is 14.7. The third-order valence-corrected chi connectivity index (χ3v) is 5.78. The molecule has 1 saturated heterocycles. The van der Waals surface area contributed by atoms with E-state index < -0.39 is 0 Å². The number of carbonyl (C=O) groups excluding carboxylic acids is 1. The molecule has 1 amide bonds. The fourth-order valence-electron chi connectivity index (χ4n) is 3.61. The molecule has 1 aromatic heterocycles. The molecule has 0 radical (unpaired) electrons. The number of carbonyl (C=O) groups is 1. The number of hydrogen-bond acceptors (Lipinski definition) is 3. The van der Waals surface area contributed by atoms with E-state index in [9.17, 15) is 4.79 Å². The number of nitrogens with zero attached hydrogens (tertiary/aromatic N) is 2. The van der Waals surface area contributed by atoms with Crippen LogP contribution >= 0.6 is 11.8 Å². The number of pyridine rings is 1. The van der Waals surface area contributed by atoms with Crippen molar-refractivity contribution in [1.29, 1.82) is 0 Å². The third kappa shape index (κ3) is 2.65. The first-order valence-electron chi connectivity index (χ1n) is 8.34. The Kier molecular flexibility index (Phi) is 3.93. The van der Waals surface area contributed by atoms with Crippen molar-refractivity contribution in [3.8, 4) is 0 Å². The van der Waals surface area contributed by atoms with E-state index >= 15 is 0 Å². The van der Waals surface area contributed by atoms with Crippen LogP contribution in [0.2, 0.25) is 0 Å².